The summed E-state index contributed by atoms with van der Waals surface area (Å²) in [6.45, 7) is 4.43. The van der Waals surface area contributed by atoms with Crippen molar-refractivity contribution in [1.82, 2.24) is 5.32 Å². The SMILES string of the molecule is Cc1oc2ccccc2c1CC1CCNCC1. The zero-order chi connectivity index (χ0) is 11.7. The van der Waals surface area contributed by atoms with Gasteiger partial charge in [0.05, 0.1) is 0 Å². The maximum absolute atomic E-state index is 5.82. The average Bonchev–Trinajstić information content (AvgIpc) is 2.68. The molecule has 1 aromatic carbocycles. The molecule has 1 N–H and O–H groups in total. The Labute approximate surface area is 102 Å². The van der Waals surface area contributed by atoms with Crippen LogP contribution < -0.4 is 5.32 Å². The lowest BCUT2D eigenvalue weighted by molar-refractivity contribution is 0.371. The van der Waals surface area contributed by atoms with Crippen molar-refractivity contribution in [1.29, 1.82) is 0 Å². The number of fused-ring (bicyclic) bond motifs is 1. The van der Waals surface area contributed by atoms with Crippen LogP contribution in [0.4, 0.5) is 0 Å². The van der Waals surface area contributed by atoms with Gasteiger partial charge < -0.3 is 9.73 Å². The van der Waals surface area contributed by atoms with Crippen LogP contribution in [0.25, 0.3) is 11.0 Å². The standard InChI is InChI=1S/C15H19NO/c1-11-14(10-12-6-8-16-9-7-12)13-4-2-3-5-15(13)17-11/h2-5,12,16H,6-10H2,1H3. The molecule has 2 heterocycles. The molecule has 1 fully saturated rings. The van der Waals surface area contributed by atoms with Crippen LogP contribution in [0.1, 0.15) is 24.2 Å². The summed E-state index contributed by atoms with van der Waals surface area (Å²) in [4.78, 5) is 0. The highest BCUT2D eigenvalue weighted by atomic mass is 16.3. The first-order valence-electron chi connectivity index (χ1n) is 6.52. The van der Waals surface area contributed by atoms with E-state index in [4.69, 9.17) is 4.42 Å². The molecule has 90 valence electrons. The highest BCUT2D eigenvalue weighted by molar-refractivity contribution is 5.82. The number of para-hydroxylation sites is 1. The van der Waals surface area contributed by atoms with Crippen LogP contribution in [0, 0.1) is 12.8 Å². The van der Waals surface area contributed by atoms with Crippen molar-refractivity contribution in [2.75, 3.05) is 13.1 Å². The summed E-state index contributed by atoms with van der Waals surface area (Å²) in [7, 11) is 0. The third kappa shape index (κ3) is 2.09. The van der Waals surface area contributed by atoms with E-state index in [1.165, 1.54) is 43.3 Å². The van der Waals surface area contributed by atoms with Crippen LogP contribution >= 0.6 is 0 Å². The summed E-state index contributed by atoms with van der Waals surface area (Å²) >= 11 is 0. The fourth-order valence-corrected chi connectivity index (χ4v) is 2.85. The van der Waals surface area contributed by atoms with Crippen LogP contribution in [-0.4, -0.2) is 13.1 Å². The van der Waals surface area contributed by atoms with Crippen molar-refractivity contribution in [3.63, 3.8) is 0 Å². The molecule has 0 unspecified atom stereocenters. The minimum absolute atomic E-state index is 0.816. The van der Waals surface area contributed by atoms with Crippen molar-refractivity contribution in [2.45, 2.75) is 26.2 Å². The molecule has 0 spiro atoms. The van der Waals surface area contributed by atoms with Gasteiger partial charge in [-0.05, 0) is 51.3 Å². The zero-order valence-electron chi connectivity index (χ0n) is 10.3. The number of hydrogen-bond donors (Lipinski definition) is 1. The molecule has 3 rings (SSSR count). The Kier molecular flexibility index (Phi) is 2.89. The minimum Gasteiger partial charge on any atom is -0.461 e. The van der Waals surface area contributed by atoms with Crippen molar-refractivity contribution in [3.05, 3.63) is 35.6 Å². The van der Waals surface area contributed by atoms with Gasteiger partial charge in [0.25, 0.3) is 0 Å². The second-order valence-electron chi connectivity index (χ2n) is 5.03. The van der Waals surface area contributed by atoms with E-state index >= 15 is 0 Å². The summed E-state index contributed by atoms with van der Waals surface area (Å²) in [6, 6.07) is 8.39. The van der Waals surface area contributed by atoms with Gasteiger partial charge in [0.2, 0.25) is 0 Å². The van der Waals surface area contributed by atoms with Crippen molar-refractivity contribution >= 4 is 11.0 Å². The molecule has 1 aliphatic heterocycles. The Morgan fingerprint density at radius 2 is 2.00 bits per heavy atom. The molecule has 1 saturated heterocycles. The van der Waals surface area contributed by atoms with Gasteiger partial charge in [-0.25, -0.2) is 0 Å². The molecule has 1 aliphatic rings. The van der Waals surface area contributed by atoms with E-state index in [1.807, 2.05) is 6.07 Å². The highest BCUT2D eigenvalue weighted by Gasteiger charge is 2.18. The molecule has 2 heteroatoms. The molecule has 0 saturated carbocycles. The fourth-order valence-electron chi connectivity index (χ4n) is 2.85. The second-order valence-corrected chi connectivity index (χ2v) is 5.03. The van der Waals surface area contributed by atoms with Crippen LogP contribution in [-0.2, 0) is 6.42 Å². The van der Waals surface area contributed by atoms with Gasteiger partial charge in [0.1, 0.15) is 11.3 Å². The largest absolute Gasteiger partial charge is 0.461 e. The number of furan rings is 1. The maximum Gasteiger partial charge on any atom is 0.134 e. The number of nitrogens with one attached hydrogen (secondary N) is 1. The number of hydrogen-bond acceptors (Lipinski definition) is 2. The van der Waals surface area contributed by atoms with Crippen molar-refractivity contribution < 1.29 is 4.42 Å². The fraction of sp³-hybridized carbons (Fsp3) is 0.467. The third-order valence-corrected chi connectivity index (χ3v) is 3.85. The van der Waals surface area contributed by atoms with Crippen molar-refractivity contribution in [3.8, 4) is 0 Å². The van der Waals surface area contributed by atoms with E-state index in [-0.39, 0.29) is 0 Å². The van der Waals surface area contributed by atoms with Gasteiger partial charge in [-0.1, -0.05) is 18.2 Å². The highest BCUT2D eigenvalue weighted by Crippen LogP contribution is 2.29. The first kappa shape index (κ1) is 10.8. The molecule has 0 amide bonds. The molecule has 0 atom stereocenters. The number of rotatable bonds is 2. The summed E-state index contributed by atoms with van der Waals surface area (Å²) < 4.78 is 5.82. The summed E-state index contributed by atoms with van der Waals surface area (Å²) in [5, 5.41) is 4.73. The predicted molar refractivity (Wildman–Crippen MR) is 70.2 cm³/mol. The molecule has 0 bridgehead atoms. The average molecular weight is 229 g/mol. The van der Waals surface area contributed by atoms with E-state index in [0.717, 1.165) is 17.3 Å². The lowest BCUT2D eigenvalue weighted by Crippen LogP contribution is -2.28. The van der Waals surface area contributed by atoms with E-state index in [2.05, 4.69) is 30.4 Å². The Bertz CT molecular complexity index is 509. The zero-order valence-corrected chi connectivity index (χ0v) is 10.3. The van der Waals surface area contributed by atoms with E-state index < -0.39 is 0 Å². The Balaban J connectivity index is 1.90. The molecule has 2 aromatic rings. The molecule has 17 heavy (non-hydrogen) atoms. The monoisotopic (exact) mass is 229 g/mol. The normalized spacial score (nSPS) is 17.7. The van der Waals surface area contributed by atoms with Gasteiger partial charge >= 0.3 is 0 Å². The minimum atomic E-state index is 0.816. The molecule has 0 aliphatic carbocycles. The van der Waals surface area contributed by atoms with Crippen LogP contribution in [0.2, 0.25) is 0 Å². The first-order valence-corrected chi connectivity index (χ1v) is 6.52. The smallest absolute Gasteiger partial charge is 0.134 e. The first-order chi connectivity index (χ1) is 8.34. The summed E-state index contributed by atoms with van der Waals surface area (Å²) in [6.07, 6.45) is 3.75. The van der Waals surface area contributed by atoms with Crippen LogP contribution in [0.3, 0.4) is 0 Å². The summed E-state index contributed by atoms with van der Waals surface area (Å²) in [5.41, 5.74) is 2.46. The van der Waals surface area contributed by atoms with Crippen LogP contribution in [0.5, 0.6) is 0 Å². The Morgan fingerprint density at radius 1 is 1.24 bits per heavy atom. The lowest BCUT2D eigenvalue weighted by Gasteiger charge is -2.22. The van der Waals surface area contributed by atoms with Gasteiger partial charge in [-0.15, -0.1) is 0 Å². The van der Waals surface area contributed by atoms with Crippen LogP contribution in [0.15, 0.2) is 28.7 Å². The van der Waals surface area contributed by atoms with Crippen molar-refractivity contribution in [2.24, 2.45) is 5.92 Å². The molecule has 0 radical (unpaired) electrons. The third-order valence-electron chi connectivity index (χ3n) is 3.85. The van der Waals surface area contributed by atoms with Gasteiger partial charge in [0, 0.05) is 10.9 Å². The topological polar surface area (TPSA) is 25.2 Å². The van der Waals surface area contributed by atoms with Gasteiger partial charge in [-0.2, -0.15) is 0 Å². The van der Waals surface area contributed by atoms with Gasteiger partial charge in [-0.3, -0.25) is 0 Å². The predicted octanol–water partition coefficient (Wildman–Crippen LogP) is 3.28. The second kappa shape index (κ2) is 4.53. The summed E-state index contributed by atoms with van der Waals surface area (Å²) in [5.74, 6) is 1.92. The molecular formula is C15H19NO. The van der Waals surface area contributed by atoms with E-state index in [9.17, 15) is 0 Å². The quantitative estimate of drug-likeness (QED) is 0.855. The van der Waals surface area contributed by atoms with E-state index in [0.29, 0.717) is 0 Å². The number of piperidine rings is 1. The number of benzene rings is 1. The number of aryl methyl sites for hydroxylation is 1. The Hall–Kier alpha value is -1.28. The maximum atomic E-state index is 5.82. The lowest BCUT2D eigenvalue weighted by atomic mass is 9.90. The Morgan fingerprint density at radius 3 is 2.82 bits per heavy atom. The molecular weight excluding hydrogens is 210 g/mol. The molecule has 1 aromatic heterocycles. The molecule has 2 nitrogen and oxygen atoms in total. The van der Waals surface area contributed by atoms with E-state index in [1.54, 1.807) is 0 Å². The van der Waals surface area contributed by atoms with Gasteiger partial charge in [0.15, 0.2) is 0 Å².